The maximum atomic E-state index is 5.73. The highest BCUT2D eigenvalue weighted by Crippen LogP contribution is 2.29. The number of hydrogen-bond donors (Lipinski definition) is 0. The van der Waals surface area contributed by atoms with Crippen LogP contribution in [0.15, 0.2) is 28.1 Å². The van der Waals surface area contributed by atoms with Gasteiger partial charge in [-0.05, 0) is 41.6 Å². The molecule has 0 unspecified atom stereocenters. The number of halogens is 2. The molecule has 0 saturated carbocycles. The Hall–Kier alpha value is -0.0900. The van der Waals surface area contributed by atoms with Gasteiger partial charge >= 0.3 is 0 Å². The SMILES string of the molecule is CN(CCCl)Cc1csc2ccc(Br)cc12. The molecule has 0 aliphatic heterocycles. The van der Waals surface area contributed by atoms with E-state index >= 15 is 0 Å². The van der Waals surface area contributed by atoms with E-state index in [1.54, 1.807) is 11.3 Å². The summed E-state index contributed by atoms with van der Waals surface area (Å²) >= 11 is 11.1. The Bertz CT molecular complexity index is 483. The Morgan fingerprint density at radius 2 is 2.25 bits per heavy atom. The van der Waals surface area contributed by atoms with Crippen molar-refractivity contribution in [3.05, 3.63) is 33.6 Å². The van der Waals surface area contributed by atoms with Crippen molar-refractivity contribution in [2.24, 2.45) is 0 Å². The van der Waals surface area contributed by atoms with E-state index in [2.05, 4.69) is 51.5 Å². The van der Waals surface area contributed by atoms with Crippen LogP contribution >= 0.6 is 38.9 Å². The monoisotopic (exact) mass is 317 g/mol. The van der Waals surface area contributed by atoms with Crippen LogP contribution in [-0.4, -0.2) is 24.4 Å². The zero-order valence-electron chi connectivity index (χ0n) is 9.04. The first-order valence-corrected chi connectivity index (χ1v) is 7.31. The fourth-order valence-corrected chi connectivity index (χ4v) is 3.27. The number of rotatable bonds is 4. The van der Waals surface area contributed by atoms with Crippen LogP contribution in [0.5, 0.6) is 0 Å². The molecule has 0 aliphatic rings. The molecule has 0 bridgehead atoms. The second-order valence-electron chi connectivity index (χ2n) is 3.83. The van der Waals surface area contributed by atoms with E-state index < -0.39 is 0 Å². The third kappa shape index (κ3) is 2.77. The topological polar surface area (TPSA) is 3.24 Å². The van der Waals surface area contributed by atoms with Crippen molar-refractivity contribution in [2.75, 3.05) is 19.5 Å². The lowest BCUT2D eigenvalue weighted by Crippen LogP contribution is -2.19. The van der Waals surface area contributed by atoms with Crippen LogP contribution < -0.4 is 0 Å². The van der Waals surface area contributed by atoms with Crippen molar-refractivity contribution in [2.45, 2.75) is 6.54 Å². The lowest BCUT2D eigenvalue weighted by Gasteiger charge is -2.14. The summed E-state index contributed by atoms with van der Waals surface area (Å²) in [7, 11) is 2.10. The lowest BCUT2D eigenvalue weighted by molar-refractivity contribution is 0.349. The van der Waals surface area contributed by atoms with Gasteiger partial charge in [0.15, 0.2) is 0 Å². The largest absolute Gasteiger partial charge is 0.301 e. The number of fused-ring (bicyclic) bond motifs is 1. The normalized spacial score (nSPS) is 11.5. The number of hydrogen-bond acceptors (Lipinski definition) is 2. The Morgan fingerprint density at radius 3 is 3.00 bits per heavy atom. The highest BCUT2D eigenvalue weighted by atomic mass is 79.9. The number of nitrogens with zero attached hydrogens (tertiary/aromatic N) is 1. The van der Waals surface area contributed by atoms with Crippen LogP contribution in [0.1, 0.15) is 5.56 Å². The van der Waals surface area contributed by atoms with E-state index in [1.165, 1.54) is 15.6 Å². The summed E-state index contributed by atoms with van der Waals surface area (Å²) in [6.07, 6.45) is 0. The second-order valence-corrected chi connectivity index (χ2v) is 6.03. The predicted octanol–water partition coefficient (Wildman–Crippen LogP) is 4.33. The van der Waals surface area contributed by atoms with Gasteiger partial charge < -0.3 is 4.90 Å². The zero-order valence-corrected chi connectivity index (χ0v) is 12.2. The summed E-state index contributed by atoms with van der Waals surface area (Å²) in [5.41, 5.74) is 1.38. The van der Waals surface area contributed by atoms with Crippen LogP contribution in [-0.2, 0) is 6.54 Å². The molecular formula is C12H13BrClNS. The Labute approximate surface area is 113 Å². The quantitative estimate of drug-likeness (QED) is 0.758. The van der Waals surface area contributed by atoms with Crippen LogP contribution in [0.3, 0.4) is 0 Å². The molecule has 1 aromatic heterocycles. The Morgan fingerprint density at radius 1 is 1.44 bits per heavy atom. The minimum absolute atomic E-state index is 0.683. The van der Waals surface area contributed by atoms with E-state index in [1.807, 2.05) is 0 Å². The summed E-state index contributed by atoms with van der Waals surface area (Å²) in [4.78, 5) is 2.25. The van der Waals surface area contributed by atoms with Gasteiger partial charge in [0.1, 0.15) is 0 Å². The summed E-state index contributed by atoms with van der Waals surface area (Å²) in [5.74, 6) is 0.683. The average molecular weight is 319 g/mol. The number of benzene rings is 1. The van der Waals surface area contributed by atoms with Crippen LogP contribution in [0.2, 0.25) is 0 Å². The van der Waals surface area contributed by atoms with Gasteiger partial charge in [-0.2, -0.15) is 0 Å². The van der Waals surface area contributed by atoms with Crippen molar-refractivity contribution >= 4 is 49.0 Å². The molecule has 1 aromatic carbocycles. The van der Waals surface area contributed by atoms with Crippen molar-refractivity contribution in [3.8, 4) is 0 Å². The van der Waals surface area contributed by atoms with E-state index in [4.69, 9.17) is 11.6 Å². The lowest BCUT2D eigenvalue weighted by atomic mass is 10.2. The molecule has 0 atom stereocenters. The second kappa shape index (κ2) is 5.50. The highest BCUT2D eigenvalue weighted by molar-refractivity contribution is 9.10. The molecule has 0 fully saturated rings. The first kappa shape index (κ1) is 12.4. The minimum Gasteiger partial charge on any atom is -0.301 e. The van der Waals surface area contributed by atoms with E-state index in [9.17, 15) is 0 Å². The molecule has 4 heteroatoms. The fraction of sp³-hybridized carbons (Fsp3) is 0.333. The standard InChI is InChI=1S/C12H13BrClNS/c1-15(5-4-14)7-9-8-16-12-3-2-10(13)6-11(9)12/h2-3,6,8H,4-5,7H2,1H3. The van der Waals surface area contributed by atoms with Gasteiger partial charge in [-0.15, -0.1) is 22.9 Å². The first-order valence-electron chi connectivity index (χ1n) is 5.11. The van der Waals surface area contributed by atoms with E-state index in [-0.39, 0.29) is 0 Å². The highest BCUT2D eigenvalue weighted by Gasteiger charge is 2.06. The molecule has 86 valence electrons. The zero-order chi connectivity index (χ0) is 11.5. The van der Waals surface area contributed by atoms with Gasteiger partial charge in [0.05, 0.1) is 0 Å². The Balaban J connectivity index is 2.27. The van der Waals surface area contributed by atoms with Crippen molar-refractivity contribution < 1.29 is 0 Å². The molecule has 16 heavy (non-hydrogen) atoms. The number of thiophene rings is 1. The molecule has 1 nitrogen and oxygen atoms in total. The molecule has 2 rings (SSSR count). The minimum atomic E-state index is 0.683. The van der Waals surface area contributed by atoms with Gasteiger partial charge in [0, 0.05) is 28.1 Å². The fourth-order valence-electron chi connectivity index (χ4n) is 1.69. The van der Waals surface area contributed by atoms with Gasteiger partial charge in [-0.1, -0.05) is 15.9 Å². The smallest absolute Gasteiger partial charge is 0.0351 e. The van der Waals surface area contributed by atoms with Crippen LogP contribution in [0.4, 0.5) is 0 Å². The van der Waals surface area contributed by atoms with Gasteiger partial charge in [-0.3, -0.25) is 0 Å². The molecule has 0 saturated heterocycles. The third-order valence-electron chi connectivity index (χ3n) is 2.52. The summed E-state index contributed by atoms with van der Waals surface area (Å²) in [6, 6.07) is 6.44. The molecule has 0 amide bonds. The average Bonchev–Trinajstić information content (AvgIpc) is 2.61. The summed E-state index contributed by atoms with van der Waals surface area (Å²) in [5, 5.41) is 3.59. The maximum Gasteiger partial charge on any atom is 0.0351 e. The van der Waals surface area contributed by atoms with Gasteiger partial charge in [-0.25, -0.2) is 0 Å². The first-order chi connectivity index (χ1) is 7.70. The molecule has 0 radical (unpaired) electrons. The maximum absolute atomic E-state index is 5.73. The Kier molecular flexibility index (Phi) is 4.25. The van der Waals surface area contributed by atoms with Gasteiger partial charge in [0.25, 0.3) is 0 Å². The molecule has 0 N–H and O–H groups in total. The number of alkyl halides is 1. The van der Waals surface area contributed by atoms with Crippen molar-refractivity contribution in [3.63, 3.8) is 0 Å². The van der Waals surface area contributed by atoms with Crippen LogP contribution in [0.25, 0.3) is 10.1 Å². The van der Waals surface area contributed by atoms with Crippen molar-refractivity contribution in [1.82, 2.24) is 4.90 Å². The van der Waals surface area contributed by atoms with Crippen LogP contribution in [0, 0.1) is 0 Å². The third-order valence-corrected chi connectivity index (χ3v) is 4.20. The van der Waals surface area contributed by atoms with Gasteiger partial charge in [0.2, 0.25) is 0 Å². The predicted molar refractivity (Wildman–Crippen MR) is 76.6 cm³/mol. The summed E-state index contributed by atoms with van der Waals surface area (Å²) in [6.45, 7) is 1.88. The van der Waals surface area contributed by atoms with Crippen molar-refractivity contribution in [1.29, 1.82) is 0 Å². The van der Waals surface area contributed by atoms with E-state index in [0.29, 0.717) is 5.88 Å². The summed E-state index contributed by atoms with van der Waals surface area (Å²) < 4.78 is 2.48. The molecular weight excluding hydrogens is 306 g/mol. The molecule has 2 aromatic rings. The molecule has 1 heterocycles. The van der Waals surface area contributed by atoms with E-state index in [0.717, 1.165) is 17.6 Å². The molecule has 0 spiro atoms. The molecule has 0 aliphatic carbocycles.